The van der Waals surface area contributed by atoms with E-state index in [0.29, 0.717) is 0 Å². The molecule has 0 spiro atoms. The fraction of sp³-hybridized carbons (Fsp3) is 0. The highest BCUT2D eigenvalue weighted by Gasteiger charge is 1.78. The van der Waals surface area contributed by atoms with Crippen molar-refractivity contribution in [1.82, 2.24) is 0 Å². The minimum Gasteiger partial charge on any atom is -0.272 e. The van der Waals surface area contributed by atoms with Gasteiger partial charge in [-0.25, -0.2) is 0 Å². The fourth-order valence-corrected chi connectivity index (χ4v) is 0.143. The second kappa shape index (κ2) is 3.42. The summed E-state index contributed by atoms with van der Waals surface area (Å²) in [7, 11) is 0. The van der Waals surface area contributed by atoms with E-state index in [4.69, 9.17) is 0 Å². The van der Waals surface area contributed by atoms with Crippen molar-refractivity contribution in [2.24, 2.45) is 10.4 Å². The van der Waals surface area contributed by atoms with Crippen LogP contribution < -0.4 is 0 Å². The highest BCUT2D eigenvalue weighted by molar-refractivity contribution is 5.85. The Hall–Kier alpha value is -0.770. The molecule has 0 aliphatic carbocycles. The predicted octanol–water partition coefficient (Wildman–Crippen LogP) is 1.21. The summed E-state index contributed by atoms with van der Waals surface area (Å²) in [5, 5.41) is 6.27. The molecule has 40 valence electrons. The van der Waals surface area contributed by atoms with Gasteiger partial charge in [0.15, 0.2) is 6.26 Å². The Morgan fingerprint density at radius 3 is 2.43 bits per heavy atom. The first-order valence-electron chi connectivity index (χ1n) is 1.38. The van der Waals surface area contributed by atoms with E-state index in [1.54, 1.807) is 0 Å². The van der Waals surface area contributed by atoms with Crippen molar-refractivity contribution >= 4 is 12.4 Å². The minimum absolute atomic E-state index is 0. The highest BCUT2D eigenvalue weighted by Crippen LogP contribution is 1.90. The molecule has 1 aliphatic rings. The van der Waals surface area contributed by atoms with E-state index in [1.165, 1.54) is 12.5 Å². The summed E-state index contributed by atoms with van der Waals surface area (Å²) >= 11 is 0. The van der Waals surface area contributed by atoms with E-state index in [2.05, 4.69) is 20.3 Å². The van der Waals surface area contributed by atoms with Crippen LogP contribution in [0.25, 0.3) is 0 Å². The van der Waals surface area contributed by atoms with Crippen LogP contribution in [-0.4, -0.2) is 0 Å². The van der Waals surface area contributed by atoms with Crippen LogP contribution in [-0.2, 0) is 9.88 Å². The van der Waals surface area contributed by atoms with Crippen LogP contribution in [0.2, 0.25) is 0 Å². The first-order valence-corrected chi connectivity index (χ1v) is 1.38. The van der Waals surface area contributed by atoms with Crippen LogP contribution in [0.5, 0.6) is 0 Å². The minimum atomic E-state index is 0. The van der Waals surface area contributed by atoms with Crippen LogP contribution in [0.1, 0.15) is 0 Å². The van der Waals surface area contributed by atoms with Gasteiger partial charge in [0.1, 0.15) is 0 Å². The van der Waals surface area contributed by atoms with Crippen molar-refractivity contribution < 1.29 is 9.88 Å². The Morgan fingerprint density at radius 1 is 1.43 bits per heavy atom. The van der Waals surface area contributed by atoms with Gasteiger partial charge in [-0.05, 0) is 0 Å². The summed E-state index contributed by atoms with van der Waals surface area (Å²) in [6.45, 7) is 0. The van der Waals surface area contributed by atoms with Crippen LogP contribution in [0.4, 0.5) is 0 Å². The maximum absolute atomic E-state index is 4.13. The average molecular weight is 123 g/mol. The molecular formula is C2H3ClN2O2. The molecule has 0 aromatic rings. The number of hydrogen-bond donors (Lipinski definition) is 0. The lowest BCUT2D eigenvalue weighted by Gasteiger charge is -1.90. The number of halogens is 1. The third-order valence-corrected chi connectivity index (χ3v) is 0.307. The van der Waals surface area contributed by atoms with Gasteiger partial charge in [0.25, 0.3) is 0 Å². The molecule has 0 aromatic carbocycles. The number of hydrogen-bond acceptors (Lipinski definition) is 4. The lowest BCUT2D eigenvalue weighted by molar-refractivity contribution is -0.262. The van der Waals surface area contributed by atoms with Crippen molar-refractivity contribution in [2.45, 2.75) is 0 Å². The van der Waals surface area contributed by atoms with Gasteiger partial charge < -0.3 is 0 Å². The monoisotopic (exact) mass is 122 g/mol. The standard InChI is InChI=1S/C2H2N2O2.ClH/c1-2-5-6-4-3-1;/h1-2H;1H. The molecule has 4 nitrogen and oxygen atoms in total. The fourth-order valence-electron chi connectivity index (χ4n) is 0.143. The third-order valence-electron chi connectivity index (χ3n) is 0.307. The summed E-state index contributed by atoms with van der Waals surface area (Å²) < 4.78 is 0. The van der Waals surface area contributed by atoms with Gasteiger partial charge in [0.2, 0.25) is 0 Å². The van der Waals surface area contributed by atoms with Gasteiger partial charge in [-0.3, -0.25) is 4.89 Å². The van der Waals surface area contributed by atoms with E-state index in [-0.39, 0.29) is 12.4 Å². The Bertz CT molecular complexity index is 79.7. The summed E-state index contributed by atoms with van der Waals surface area (Å²) in [4.78, 5) is 8.07. The molecule has 1 rings (SSSR count). The van der Waals surface area contributed by atoms with Crippen molar-refractivity contribution in [1.29, 1.82) is 0 Å². The van der Waals surface area contributed by atoms with Crippen molar-refractivity contribution in [3.05, 3.63) is 12.5 Å². The lowest BCUT2D eigenvalue weighted by Crippen LogP contribution is -1.77. The molecule has 0 amide bonds. The normalized spacial score (nSPS) is 13.7. The molecule has 0 atom stereocenters. The molecule has 0 bridgehead atoms. The SMILES string of the molecule is C1=COON=N1.Cl. The molecule has 0 aromatic heterocycles. The van der Waals surface area contributed by atoms with Gasteiger partial charge in [-0.15, -0.1) is 22.5 Å². The van der Waals surface area contributed by atoms with Gasteiger partial charge >= 0.3 is 0 Å². The van der Waals surface area contributed by atoms with Crippen LogP contribution in [0.15, 0.2) is 22.9 Å². The van der Waals surface area contributed by atoms with Crippen molar-refractivity contribution in [3.63, 3.8) is 0 Å². The van der Waals surface area contributed by atoms with E-state index in [9.17, 15) is 0 Å². The van der Waals surface area contributed by atoms with Crippen molar-refractivity contribution in [2.75, 3.05) is 0 Å². The first kappa shape index (κ1) is 6.23. The zero-order chi connectivity index (χ0) is 4.24. The molecule has 5 heteroatoms. The smallest absolute Gasteiger partial charge is 0.165 e. The van der Waals surface area contributed by atoms with Crippen molar-refractivity contribution in [3.8, 4) is 0 Å². The first-order chi connectivity index (χ1) is 3.00. The molecule has 1 aliphatic heterocycles. The van der Waals surface area contributed by atoms with E-state index >= 15 is 0 Å². The van der Waals surface area contributed by atoms with Gasteiger partial charge in [0.05, 0.1) is 11.5 Å². The van der Waals surface area contributed by atoms with E-state index in [0.717, 1.165) is 0 Å². The maximum Gasteiger partial charge on any atom is 0.165 e. The van der Waals surface area contributed by atoms with E-state index < -0.39 is 0 Å². The Morgan fingerprint density at radius 2 is 2.29 bits per heavy atom. The van der Waals surface area contributed by atoms with Gasteiger partial charge in [0, 0.05) is 0 Å². The second-order valence-electron chi connectivity index (χ2n) is 0.653. The molecule has 1 heterocycles. The average Bonchev–Trinajstić information content (AvgIpc) is 1.72. The largest absolute Gasteiger partial charge is 0.272 e. The van der Waals surface area contributed by atoms with Crippen LogP contribution in [0, 0.1) is 0 Å². The zero-order valence-electron chi connectivity index (χ0n) is 3.27. The molecular weight excluding hydrogens is 119 g/mol. The summed E-state index contributed by atoms with van der Waals surface area (Å²) in [6.07, 6.45) is 2.66. The highest BCUT2D eigenvalue weighted by atomic mass is 35.5. The molecule has 0 saturated carbocycles. The van der Waals surface area contributed by atoms with Crippen LogP contribution in [0.3, 0.4) is 0 Å². The quantitative estimate of drug-likeness (QED) is 0.453. The molecule has 0 saturated heterocycles. The van der Waals surface area contributed by atoms with Gasteiger partial charge in [-0.1, -0.05) is 0 Å². The lowest BCUT2D eigenvalue weighted by atomic mass is 11.0. The zero-order valence-corrected chi connectivity index (χ0v) is 4.09. The molecule has 0 unspecified atom stereocenters. The second-order valence-corrected chi connectivity index (χ2v) is 0.653. The Kier molecular flexibility index (Phi) is 3.04. The third kappa shape index (κ3) is 1.99. The van der Waals surface area contributed by atoms with E-state index in [1.807, 2.05) is 0 Å². The predicted molar refractivity (Wildman–Crippen MR) is 23.4 cm³/mol. The number of rotatable bonds is 0. The number of nitrogens with zero attached hydrogens (tertiary/aromatic N) is 2. The molecule has 0 fully saturated rings. The van der Waals surface area contributed by atoms with Gasteiger partial charge in [-0.2, -0.15) is 0 Å². The summed E-state index contributed by atoms with van der Waals surface area (Å²) in [5.74, 6) is 0. The molecule has 7 heavy (non-hydrogen) atoms. The maximum atomic E-state index is 4.13. The van der Waals surface area contributed by atoms with Crippen LogP contribution >= 0.6 is 12.4 Å². The Balaban J connectivity index is 0.000000360. The Labute approximate surface area is 46.1 Å². The summed E-state index contributed by atoms with van der Waals surface area (Å²) in [6, 6.07) is 0. The topological polar surface area (TPSA) is 43.2 Å². The molecule has 0 N–H and O–H groups in total. The summed E-state index contributed by atoms with van der Waals surface area (Å²) in [5.41, 5.74) is 0. The molecule has 0 radical (unpaired) electrons.